The van der Waals surface area contributed by atoms with Gasteiger partial charge in [-0.15, -0.1) is 0 Å². The zero-order valence-corrected chi connectivity index (χ0v) is 17.2. The number of hydrogen-bond acceptors (Lipinski definition) is 8. The highest BCUT2D eigenvalue weighted by Gasteiger charge is 2.34. The predicted molar refractivity (Wildman–Crippen MR) is 111 cm³/mol. The van der Waals surface area contributed by atoms with Gasteiger partial charge in [-0.3, -0.25) is 15.5 Å². The lowest BCUT2D eigenvalue weighted by Gasteiger charge is -2.34. The van der Waals surface area contributed by atoms with Crippen molar-refractivity contribution in [2.24, 2.45) is 5.10 Å². The highest BCUT2D eigenvalue weighted by Crippen LogP contribution is 2.30. The quantitative estimate of drug-likeness (QED) is 0.405. The van der Waals surface area contributed by atoms with Crippen molar-refractivity contribution in [1.82, 2.24) is 4.31 Å². The summed E-state index contributed by atoms with van der Waals surface area (Å²) >= 11 is 0. The van der Waals surface area contributed by atoms with Crippen LogP contribution in [-0.2, 0) is 14.8 Å². The molecule has 2 atom stereocenters. The molecule has 3 rings (SSSR count). The summed E-state index contributed by atoms with van der Waals surface area (Å²) in [6.07, 6.45) is 0.710. The molecule has 0 radical (unpaired) electrons. The third-order valence-electron chi connectivity index (χ3n) is 4.51. The van der Waals surface area contributed by atoms with E-state index in [9.17, 15) is 23.6 Å². The summed E-state index contributed by atoms with van der Waals surface area (Å²) < 4.78 is 33.4. The van der Waals surface area contributed by atoms with Gasteiger partial charge in [0.2, 0.25) is 10.0 Å². The van der Waals surface area contributed by atoms with E-state index in [1.54, 1.807) is 32.0 Å². The number of rotatable bonds is 6. The van der Waals surface area contributed by atoms with Crippen LogP contribution in [0.2, 0.25) is 0 Å². The van der Waals surface area contributed by atoms with Gasteiger partial charge in [0.15, 0.2) is 0 Å². The lowest BCUT2D eigenvalue weighted by molar-refractivity contribution is -0.385. The Kier molecular flexibility index (Phi) is 6.34. The SMILES string of the molecule is C[C@@H]1CN(S(=O)(=O)c2cc([N+](=O)[O-])ccc2N/N=C\c2ccccc2O)C[C@H](C)O1. The largest absolute Gasteiger partial charge is 0.507 e. The summed E-state index contributed by atoms with van der Waals surface area (Å²) in [7, 11) is -4.05. The van der Waals surface area contributed by atoms with Crippen LogP contribution >= 0.6 is 0 Å². The number of phenols is 1. The van der Waals surface area contributed by atoms with E-state index in [2.05, 4.69) is 10.5 Å². The maximum absolute atomic E-state index is 13.3. The molecule has 1 fully saturated rings. The van der Waals surface area contributed by atoms with Crippen molar-refractivity contribution >= 4 is 27.6 Å². The van der Waals surface area contributed by atoms with Crippen molar-refractivity contribution in [1.29, 1.82) is 0 Å². The predicted octanol–water partition coefficient (Wildman–Crippen LogP) is 2.54. The number of sulfonamides is 1. The Balaban J connectivity index is 1.96. The number of anilines is 1. The Labute approximate surface area is 174 Å². The van der Waals surface area contributed by atoms with E-state index >= 15 is 0 Å². The van der Waals surface area contributed by atoms with Gasteiger partial charge >= 0.3 is 0 Å². The minimum absolute atomic E-state index is 0.0101. The van der Waals surface area contributed by atoms with Gasteiger partial charge in [0.25, 0.3) is 5.69 Å². The van der Waals surface area contributed by atoms with Gasteiger partial charge in [-0.2, -0.15) is 9.41 Å². The molecule has 0 aliphatic carbocycles. The zero-order chi connectivity index (χ0) is 21.9. The molecule has 2 N–H and O–H groups in total. The van der Waals surface area contributed by atoms with E-state index in [1.807, 2.05) is 0 Å². The Morgan fingerprint density at radius 1 is 1.23 bits per heavy atom. The Hall–Kier alpha value is -3.02. The lowest BCUT2D eigenvalue weighted by atomic mass is 10.2. The van der Waals surface area contributed by atoms with E-state index < -0.39 is 14.9 Å². The fraction of sp³-hybridized carbons (Fsp3) is 0.316. The second kappa shape index (κ2) is 8.78. The second-order valence-corrected chi connectivity index (χ2v) is 8.85. The van der Waals surface area contributed by atoms with E-state index in [0.717, 1.165) is 6.07 Å². The number of nitro groups is 1. The van der Waals surface area contributed by atoms with Crippen LogP contribution < -0.4 is 5.43 Å². The van der Waals surface area contributed by atoms with Crippen LogP contribution in [0, 0.1) is 10.1 Å². The molecular weight excluding hydrogens is 412 g/mol. The molecule has 11 heteroatoms. The fourth-order valence-electron chi connectivity index (χ4n) is 3.16. The van der Waals surface area contributed by atoms with Crippen LogP contribution in [0.3, 0.4) is 0 Å². The number of phenolic OH excluding ortho intramolecular Hbond substituents is 1. The minimum atomic E-state index is -4.05. The third-order valence-corrected chi connectivity index (χ3v) is 6.38. The number of hydrogen-bond donors (Lipinski definition) is 2. The minimum Gasteiger partial charge on any atom is -0.507 e. The number of aromatic hydroxyl groups is 1. The summed E-state index contributed by atoms with van der Waals surface area (Å²) in [5.74, 6) is 0.0101. The smallest absolute Gasteiger partial charge is 0.270 e. The van der Waals surface area contributed by atoms with Crippen LogP contribution in [0.1, 0.15) is 19.4 Å². The van der Waals surface area contributed by atoms with Gasteiger partial charge in [-0.25, -0.2) is 8.42 Å². The molecule has 0 unspecified atom stereocenters. The van der Waals surface area contributed by atoms with Crippen molar-refractivity contribution in [3.05, 3.63) is 58.1 Å². The topological polar surface area (TPSA) is 134 Å². The van der Waals surface area contributed by atoms with E-state index in [4.69, 9.17) is 4.74 Å². The number of para-hydroxylation sites is 1. The number of hydrazone groups is 1. The van der Waals surface area contributed by atoms with Crippen LogP contribution in [0.5, 0.6) is 5.75 Å². The van der Waals surface area contributed by atoms with Gasteiger partial charge < -0.3 is 9.84 Å². The maximum atomic E-state index is 13.3. The molecule has 0 aromatic heterocycles. The summed E-state index contributed by atoms with van der Waals surface area (Å²) in [6.45, 7) is 3.80. The first-order chi connectivity index (χ1) is 14.2. The average Bonchev–Trinajstić information content (AvgIpc) is 2.68. The first-order valence-electron chi connectivity index (χ1n) is 9.19. The Morgan fingerprint density at radius 2 is 1.90 bits per heavy atom. The zero-order valence-electron chi connectivity index (χ0n) is 16.4. The van der Waals surface area contributed by atoms with Gasteiger partial charge in [0.1, 0.15) is 10.6 Å². The molecule has 160 valence electrons. The Morgan fingerprint density at radius 3 is 2.53 bits per heavy atom. The Bertz CT molecular complexity index is 1060. The number of non-ortho nitro benzene ring substituents is 1. The van der Waals surface area contributed by atoms with Crippen molar-refractivity contribution in [3.8, 4) is 5.75 Å². The van der Waals surface area contributed by atoms with Crippen molar-refractivity contribution in [3.63, 3.8) is 0 Å². The van der Waals surface area contributed by atoms with Crippen LogP contribution in [0.4, 0.5) is 11.4 Å². The van der Waals surface area contributed by atoms with Gasteiger partial charge in [0, 0.05) is 30.8 Å². The summed E-state index contributed by atoms with van der Waals surface area (Å²) in [5, 5.41) is 25.0. The number of nitrogens with one attached hydrogen (secondary N) is 1. The summed E-state index contributed by atoms with van der Waals surface area (Å²) in [4.78, 5) is 10.3. The fourth-order valence-corrected chi connectivity index (χ4v) is 4.92. The molecule has 0 amide bonds. The van der Waals surface area contributed by atoms with Gasteiger partial charge in [0.05, 0.1) is 29.0 Å². The number of nitro benzene ring substituents is 1. The second-order valence-electron chi connectivity index (χ2n) is 6.95. The van der Waals surface area contributed by atoms with Crippen molar-refractivity contribution in [2.45, 2.75) is 31.0 Å². The highest BCUT2D eigenvalue weighted by atomic mass is 32.2. The van der Waals surface area contributed by atoms with E-state index in [0.29, 0.717) is 5.56 Å². The van der Waals surface area contributed by atoms with Gasteiger partial charge in [-0.1, -0.05) is 12.1 Å². The lowest BCUT2D eigenvalue weighted by Crippen LogP contribution is -2.48. The third kappa shape index (κ3) is 4.75. The highest BCUT2D eigenvalue weighted by molar-refractivity contribution is 7.89. The molecule has 0 saturated carbocycles. The molecule has 2 aromatic rings. The van der Waals surface area contributed by atoms with Crippen molar-refractivity contribution in [2.75, 3.05) is 18.5 Å². The van der Waals surface area contributed by atoms with E-state index in [-0.39, 0.29) is 47.3 Å². The van der Waals surface area contributed by atoms with Gasteiger partial charge in [-0.05, 0) is 32.0 Å². The molecule has 1 aliphatic rings. The normalized spacial score (nSPS) is 20.3. The molecule has 0 bridgehead atoms. The summed E-state index contributed by atoms with van der Waals surface area (Å²) in [6, 6.07) is 9.99. The van der Waals surface area contributed by atoms with Crippen LogP contribution in [0.15, 0.2) is 52.5 Å². The number of benzene rings is 2. The first kappa shape index (κ1) is 21.7. The summed E-state index contributed by atoms with van der Waals surface area (Å²) in [5.41, 5.74) is 2.78. The van der Waals surface area contributed by atoms with E-state index in [1.165, 1.54) is 28.7 Å². The van der Waals surface area contributed by atoms with Crippen LogP contribution in [0.25, 0.3) is 0 Å². The number of nitrogens with zero attached hydrogens (tertiary/aromatic N) is 3. The maximum Gasteiger partial charge on any atom is 0.270 e. The molecule has 1 heterocycles. The molecule has 2 aromatic carbocycles. The average molecular weight is 434 g/mol. The molecule has 10 nitrogen and oxygen atoms in total. The molecular formula is C19H22N4O6S. The molecule has 1 aliphatic heterocycles. The van der Waals surface area contributed by atoms with Crippen molar-refractivity contribution < 1.29 is 23.2 Å². The number of ether oxygens (including phenoxy) is 1. The molecule has 1 saturated heterocycles. The molecule has 30 heavy (non-hydrogen) atoms. The number of morpholine rings is 1. The molecule has 0 spiro atoms. The standard InChI is InChI=1S/C19H22N4O6S/c1-13-11-22(12-14(2)29-13)30(27,28)19-9-16(23(25)26)7-8-17(19)21-20-10-15-5-3-4-6-18(15)24/h3-10,13-14,21,24H,11-12H2,1-2H3/b20-10-/t13-,14+. The van der Waals surface area contributed by atoms with Crippen LogP contribution in [-0.4, -0.2) is 54.3 Å². The first-order valence-corrected chi connectivity index (χ1v) is 10.6. The monoisotopic (exact) mass is 434 g/mol.